The first-order valence-electron chi connectivity index (χ1n) is 11.6. The summed E-state index contributed by atoms with van der Waals surface area (Å²) in [7, 11) is 0. The molecule has 0 radical (unpaired) electrons. The average molecular weight is 468 g/mol. The molecule has 33 heavy (non-hydrogen) atoms. The molecule has 3 saturated heterocycles. The van der Waals surface area contributed by atoms with E-state index in [1.54, 1.807) is 6.20 Å². The fourth-order valence-electron chi connectivity index (χ4n) is 5.00. The molecule has 6 rings (SSSR count). The normalized spacial score (nSPS) is 21.4. The van der Waals surface area contributed by atoms with E-state index in [0.29, 0.717) is 11.1 Å². The van der Waals surface area contributed by atoms with Crippen LogP contribution in [0.25, 0.3) is 17.0 Å². The lowest BCUT2D eigenvalue weighted by molar-refractivity contribution is 0.0124. The Hall–Kier alpha value is -2.64. The molecule has 0 spiro atoms. The van der Waals surface area contributed by atoms with Gasteiger partial charge in [0, 0.05) is 44.1 Å². The zero-order valence-corrected chi connectivity index (χ0v) is 20.1. The predicted octanol–water partition coefficient (Wildman–Crippen LogP) is 5.02. The Morgan fingerprint density at radius 3 is 2.73 bits per heavy atom. The Balaban J connectivity index is 1.44. The van der Waals surface area contributed by atoms with Gasteiger partial charge in [0.05, 0.1) is 16.4 Å². The van der Waals surface area contributed by atoms with Crippen LogP contribution in [0.1, 0.15) is 45.7 Å². The molecule has 2 bridgehead atoms. The number of hydrogen-bond donors (Lipinski definition) is 0. The maximum absolute atomic E-state index is 12.9. The average Bonchev–Trinajstić information content (AvgIpc) is 2.90. The monoisotopic (exact) mass is 467 g/mol. The highest BCUT2D eigenvalue weighted by molar-refractivity contribution is 6.30. The summed E-state index contributed by atoms with van der Waals surface area (Å²) >= 11 is 6.07. The molecule has 0 aromatic carbocycles. The van der Waals surface area contributed by atoms with Crippen LogP contribution >= 0.6 is 11.6 Å². The van der Waals surface area contributed by atoms with Gasteiger partial charge in [-0.25, -0.2) is 9.78 Å². The molecule has 1 amide bonds. The van der Waals surface area contributed by atoms with Crippen molar-refractivity contribution in [3.8, 4) is 11.4 Å². The van der Waals surface area contributed by atoms with E-state index in [9.17, 15) is 4.79 Å². The summed E-state index contributed by atoms with van der Waals surface area (Å²) < 4.78 is 7.85. The number of fused-ring (bicyclic) bond motifs is 5. The van der Waals surface area contributed by atoms with E-state index in [1.165, 1.54) is 0 Å². The molecule has 3 aliphatic rings. The first-order chi connectivity index (χ1) is 15.8. The van der Waals surface area contributed by atoms with E-state index >= 15 is 0 Å². The number of aromatic nitrogens is 3. The maximum atomic E-state index is 12.9. The van der Waals surface area contributed by atoms with Gasteiger partial charge >= 0.3 is 6.09 Å². The molecule has 3 fully saturated rings. The van der Waals surface area contributed by atoms with Gasteiger partial charge in [-0.2, -0.15) is 0 Å². The minimum absolute atomic E-state index is 0.162. The van der Waals surface area contributed by atoms with E-state index in [-0.39, 0.29) is 12.1 Å². The van der Waals surface area contributed by atoms with Crippen LogP contribution in [0.4, 0.5) is 4.79 Å². The van der Waals surface area contributed by atoms with Gasteiger partial charge in [0.1, 0.15) is 16.9 Å². The molecule has 3 aromatic rings. The Morgan fingerprint density at radius 2 is 1.97 bits per heavy atom. The number of rotatable bonds is 3. The molecule has 6 heterocycles. The summed E-state index contributed by atoms with van der Waals surface area (Å²) in [4.78, 5) is 26.8. The highest BCUT2D eigenvalue weighted by Crippen LogP contribution is 2.33. The zero-order valence-electron chi connectivity index (χ0n) is 19.4. The highest BCUT2D eigenvalue weighted by atomic mass is 35.5. The lowest BCUT2D eigenvalue weighted by atomic mass is 9.98. The van der Waals surface area contributed by atoms with E-state index in [1.807, 2.05) is 56.0 Å². The SMILES string of the molecule is CC(C)(C)OC(=O)N1CCC2CCC1CN2Cc1c(-c2ccc(Cl)cn2)nc2ccccn12. The van der Waals surface area contributed by atoms with Crippen LogP contribution in [-0.4, -0.2) is 61.0 Å². The molecule has 3 aromatic heterocycles. The number of carbonyl (C=O) groups is 1. The molecule has 8 heteroatoms. The maximum Gasteiger partial charge on any atom is 0.410 e. The quantitative estimate of drug-likeness (QED) is 0.541. The van der Waals surface area contributed by atoms with Crippen LogP contribution < -0.4 is 0 Å². The van der Waals surface area contributed by atoms with E-state index in [4.69, 9.17) is 21.3 Å². The third-order valence-corrected chi connectivity index (χ3v) is 6.74. The van der Waals surface area contributed by atoms with Crippen molar-refractivity contribution < 1.29 is 9.53 Å². The van der Waals surface area contributed by atoms with Crippen molar-refractivity contribution in [3.05, 3.63) is 53.4 Å². The fourth-order valence-corrected chi connectivity index (χ4v) is 5.11. The van der Waals surface area contributed by atoms with Crippen LogP contribution in [-0.2, 0) is 11.3 Å². The second-order valence-corrected chi connectivity index (χ2v) is 10.4. The van der Waals surface area contributed by atoms with E-state index in [0.717, 1.165) is 61.6 Å². The summed E-state index contributed by atoms with van der Waals surface area (Å²) in [6.07, 6.45) is 6.56. The lowest BCUT2D eigenvalue weighted by Gasteiger charge is -2.38. The van der Waals surface area contributed by atoms with Gasteiger partial charge in [-0.3, -0.25) is 9.88 Å². The first-order valence-corrected chi connectivity index (χ1v) is 12.0. The van der Waals surface area contributed by atoms with Crippen molar-refractivity contribution >= 4 is 23.3 Å². The van der Waals surface area contributed by atoms with Gasteiger partial charge in [-0.15, -0.1) is 0 Å². The van der Waals surface area contributed by atoms with Gasteiger partial charge < -0.3 is 14.0 Å². The number of carbonyl (C=O) groups excluding carboxylic acids is 1. The summed E-state index contributed by atoms with van der Waals surface area (Å²) in [5, 5.41) is 0.608. The number of imidazole rings is 1. The number of amides is 1. The topological polar surface area (TPSA) is 63.0 Å². The molecular formula is C25H30ClN5O2. The van der Waals surface area contributed by atoms with Crippen LogP contribution in [0.3, 0.4) is 0 Å². The van der Waals surface area contributed by atoms with Crippen LogP contribution in [0.15, 0.2) is 42.7 Å². The van der Waals surface area contributed by atoms with Gasteiger partial charge in [0.15, 0.2) is 0 Å². The predicted molar refractivity (Wildman–Crippen MR) is 128 cm³/mol. The third-order valence-electron chi connectivity index (χ3n) is 6.52. The molecular weight excluding hydrogens is 438 g/mol. The van der Waals surface area contributed by atoms with E-state index < -0.39 is 5.60 Å². The molecule has 174 valence electrons. The molecule has 2 atom stereocenters. The fraction of sp³-hybridized carbons (Fsp3) is 0.480. The van der Waals surface area contributed by atoms with Crippen molar-refractivity contribution in [2.75, 3.05) is 13.1 Å². The molecule has 2 unspecified atom stereocenters. The number of hydrogen-bond acceptors (Lipinski definition) is 5. The number of pyridine rings is 2. The van der Waals surface area contributed by atoms with Gasteiger partial charge in [0.25, 0.3) is 0 Å². The largest absolute Gasteiger partial charge is 0.444 e. The zero-order chi connectivity index (χ0) is 23.2. The van der Waals surface area contributed by atoms with Crippen LogP contribution in [0, 0.1) is 0 Å². The smallest absolute Gasteiger partial charge is 0.410 e. The first kappa shape index (κ1) is 22.2. The number of nitrogens with zero attached hydrogens (tertiary/aromatic N) is 5. The minimum Gasteiger partial charge on any atom is -0.444 e. The Kier molecular flexibility index (Phi) is 5.79. The Labute approximate surface area is 199 Å². The Morgan fingerprint density at radius 1 is 1.15 bits per heavy atom. The number of halogens is 1. The highest BCUT2D eigenvalue weighted by Gasteiger charge is 2.39. The molecule has 0 aliphatic carbocycles. The molecule has 3 aliphatic heterocycles. The van der Waals surface area contributed by atoms with Crippen molar-refractivity contribution in [1.29, 1.82) is 0 Å². The second-order valence-electron chi connectivity index (χ2n) is 9.97. The molecule has 7 nitrogen and oxygen atoms in total. The number of piperidine rings is 1. The van der Waals surface area contributed by atoms with E-state index in [2.05, 4.69) is 20.5 Å². The second kappa shape index (κ2) is 8.61. The van der Waals surface area contributed by atoms with Crippen molar-refractivity contribution in [1.82, 2.24) is 24.2 Å². The summed E-state index contributed by atoms with van der Waals surface area (Å²) in [5.74, 6) is 0. The summed E-state index contributed by atoms with van der Waals surface area (Å²) in [6.45, 7) is 8.07. The van der Waals surface area contributed by atoms with Crippen molar-refractivity contribution in [3.63, 3.8) is 0 Å². The van der Waals surface area contributed by atoms with Gasteiger partial charge in [0.2, 0.25) is 0 Å². The van der Waals surface area contributed by atoms with Gasteiger partial charge in [-0.05, 0) is 64.3 Å². The summed E-state index contributed by atoms with van der Waals surface area (Å²) in [6, 6.07) is 10.4. The van der Waals surface area contributed by atoms with Crippen molar-refractivity contribution in [2.24, 2.45) is 0 Å². The van der Waals surface area contributed by atoms with Crippen LogP contribution in [0.2, 0.25) is 5.02 Å². The third kappa shape index (κ3) is 4.57. The Bertz CT molecular complexity index is 1150. The molecule has 0 saturated carbocycles. The van der Waals surface area contributed by atoms with Crippen LogP contribution in [0.5, 0.6) is 0 Å². The molecule has 0 N–H and O–H groups in total. The summed E-state index contributed by atoms with van der Waals surface area (Å²) in [5.41, 5.74) is 3.21. The van der Waals surface area contributed by atoms with Crippen molar-refractivity contribution in [2.45, 2.75) is 64.3 Å². The van der Waals surface area contributed by atoms with Gasteiger partial charge in [-0.1, -0.05) is 17.7 Å². The number of ether oxygens (including phenoxy) is 1. The minimum atomic E-state index is -0.488. The standard InChI is InChI=1S/C25H30ClN5O2/c1-25(2,3)33-24(32)30-13-11-18-8-9-19(30)15-29(18)16-21-23(20-10-7-17(26)14-27-20)28-22-6-4-5-12-31(21)22/h4-7,10,12,14,18-19H,8-9,11,13,15-16H2,1-3H3. The lowest BCUT2D eigenvalue weighted by Crippen LogP contribution is -2.49.